The van der Waals surface area contributed by atoms with Crippen molar-refractivity contribution < 1.29 is 37.0 Å². The summed E-state index contributed by atoms with van der Waals surface area (Å²) in [6, 6.07) is 30.2. The molecular formula is C36H31F3N4O5. The molecule has 2 heterocycles. The zero-order valence-corrected chi connectivity index (χ0v) is 25.9. The molecule has 12 heteroatoms. The molecule has 0 atom stereocenters. The second-order valence-electron chi connectivity index (χ2n) is 10.8. The van der Waals surface area contributed by atoms with E-state index in [9.17, 15) is 27.6 Å². The van der Waals surface area contributed by atoms with Crippen LogP contribution in [0, 0.1) is 6.92 Å². The van der Waals surface area contributed by atoms with Gasteiger partial charge < -0.3 is 14.8 Å². The predicted octanol–water partition coefficient (Wildman–Crippen LogP) is 6.49. The van der Waals surface area contributed by atoms with Crippen molar-refractivity contribution in [2.24, 2.45) is 0 Å². The normalized spacial score (nSPS) is 11.2. The number of amides is 1. The highest BCUT2D eigenvalue weighted by atomic mass is 19.4. The van der Waals surface area contributed by atoms with Gasteiger partial charge in [-0.1, -0.05) is 66.7 Å². The number of nitrogens with zero attached hydrogens (tertiary/aromatic N) is 3. The fourth-order valence-corrected chi connectivity index (χ4v) is 4.90. The number of pyridine rings is 1. The molecule has 0 fully saturated rings. The molecule has 0 saturated carbocycles. The first-order valence-electron chi connectivity index (χ1n) is 15.0. The number of aryl methyl sites for hydroxylation is 2. The number of ether oxygens (including phenoxy) is 2. The maximum absolute atomic E-state index is 12.6. The van der Waals surface area contributed by atoms with Crippen molar-refractivity contribution in [1.82, 2.24) is 20.1 Å². The summed E-state index contributed by atoms with van der Waals surface area (Å²) in [5, 5.41) is 7.50. The molecule has 0 bridgehead atoms. The molecule has 0 radical (unpaired) electrons. The van der Waals surface area contributed by atoms with E-state index in [1.165, 1.54) is 6.20 Å². The monoisotopic (exact) mass is 656 g/mol. The van der Waals surface area contributed by atoms with Crippen LogP contribution in [0.15, 0.2) is 103 Å². The Hall–Kier alpha value is -5.78. The molecule has 5 rings (SSSR count). The van der Waals surface area contributed by atoms with Crippen LogP contribution in [0.2, 0.25) is 0 Å². The Bertz CT molecular complexity index is 1880. The standard InChI is InChI=1S/C36H31F3N4O5/c1-24-21-32(28-12-10-26(11-13-28)25-7-3-2-4-8-25)42-43(24)19-20-47-30-16-14-27(15-17-33(44)48-35(46)36(37,38)39)29(22-30)23-41-34(45)31-9-5-6-18-40-31/h2-14,16,18,21-22H,15,17,19-20,23H2,1H3,(H,41,45). The largest absolute Gasteiger partial charge is 0.492 e. The van der Waals surface area contributed by atoms with Crippen molar-refractivity contribution in [3.63, 3.8) is 0 Å². The van der Waals surface area contributed by atoms with Crippen molar-refractivity contribution >= 4 is 17.8 Å². The van der Waals surface area contributed by atoms with Gasteiger partial charge >= 0.3 is 18.1 Å². The maximum Gasteiger partial charge on any atom is 0.491 e. The lowest BCUT2D eigenvalue weighted by atomic mass is 10.0. The number of carbonyl (C=O) groups excluding carboxylic acids is 3. The van der Waals surface area contributed by atoms with Gasteiger partial charge in [-0.2, -0.15) is 18.3 Å². The van der Waals surface area contributed by atoms with Gasteiger partial charge in [0.2, 0.25) is 0 Å². The summed E-state index contributed by atoms with van der Waals surface area (Å²) in [7, 11) is 0. The van der Waals surface area contributed by atoms with E-state index in [1.807, 2.05) is 48.0 Å². The molecule has 0 unspecified atom stereocenters. The van der Waals surface area contributed by atoms with Crippen molar-refractivity contribution in [1.29, 1.82) is 0 Å². The van der Waals surface area contributed by atoms with Gasteiger partial charge in [-0.05, 0) is 65.9 Å². The highest BCUT2D eigenvalue weighted by Crippen LogP contribution is 2.25. The SMILES string of the molecule is Cc1cc(-c2ccc(-c3ccccc3)cc2)nn1CCOc1ccc(CCC(=O)OC(=O)C(F)(F)F)c(CNC(=O)c2ccccn2)c1. The van der Waals surface area contributed by atoms with E-state index in [0.29, 0.717) is 23.4 Å². The summed E-state index contributed by atoms with van der Waals surface area (Å²) in [6.07, 6.45) is -4.33. The van der Waals surface area contributed by atoms with Gasteiger partial charge in [-0.15, -0.1) is 0 Å². The van der Waals surface area contributed by atoms with E-state index >= 15 is 0 Å². The Labute approximate surface area is 274 Å². The summed E-state index contributed by atoms with van der Waals surface area (Å²) < 4.78 is 49.2. The van der Waals surface area contributed by atoms with Crippen LogP contribution in [0.5, 0.6) is 5.75 Å². The minimum absolute atomic E-state index is 0.0170. The number of benzene rings is 3. The molecule has 5 aromatic rings. The second kappa shape index (κ2) is 15.2. The zero-order valence-electron chi connectivity index (χ0n) is 25.9. The Morgan fingerprint density at radius 2 is 1.54 bits per heavy atom. The second-order valence-corrected chi connectivity index (χ2v) is 10.8. The number of halogens is 3. The zero-order chi connectivity index (χ0) is 34.1. The third kappa shape index (κ3) is 8.93. The van der Waals surface area contributed by atoms with Crippen molar-refractivity contribution in [2.75, 3.05) is 6.61 Å². The lowest BCUT2D eigenvalue weighted by Gasteiger charge is -2.14. The van der Waals surface area contributed by atoms with Crippen molar-refractivity contribution in [2.45, 2.75) is 39.0 Å². The number of aromatic nitrogens is 3. The Kier molecular flexibility index (Phi) is 10.6. The molecule has 9 nitrogen and oxygen atoms in total. The molecule has 0 spiro atoms. The molecule has 0 aliphatic rings. The molecular weight excluding hydrogens is 625 g/mol. The third-order valence-corrected chi connectivity index (χ3v) is 7.39. The third-order valence-electron chi connectivity index (χ3n) is 7.39. The number of hydrogen-bond donors (Lipinski definition) is 1. The van der Waals surface area contributed by atoms with Crippen molar-refractivity contribution in [3.05, 3.63) is 126 Å². The van der Waals surface area contributed by atoms with Gasteiger partial charge in [0, 0.05) is 24.0 Å². The highest BCUT2D eigenvalue weighted by molar-refractivity contribution is 5.92. The minimum atomic E-state index is -5.28. The average Bonchev–Trinajstić information content (AvgIpc) is 3.47. The van der Waals surface area contributed by atoms with Crippen LogP contribution in [0.4, 0.5) is 13.2 Å². The van der Waals surface area contributed by atoms with E-state index in [1.54, 1.807) is 36.4 Å². The van der Waals surface area contributed by atoms with E-state index in [0.717, 1.165) is 28.1 Å². The number of rotatable bonds is 12. The smallest absolute Gasteiger partial charge is 0.491 e. The lowest BCUT2D eigenvalue weighted by molar-refractivity contribution is -0.201. The van der Waals surface area contributed by atoms with Crippen LogP contribution >= 0.6 is 0 Å². The summed E-state index contributed by atoms with van der Waals surface area (Å²) >= 11 is 0. The topological polar surface area (TPSA) is 112 Å². The number of carbonyl (C=O) groups is 3. The molecule has 48 heavy (non-hydrogen) atoms. The summed E-state index contributed by atoms with van der Waals surface area (Å²) in [6.45, 7) is 2.68. The maximum atomic E-state index is 12.6. The van der Waals surface area contributed by atoms with E-state index in [-0.39, 0.29) is 25.3 Å². The van der Waals surface area contributed by atoms with E-state index in [4.69, 9.17) is 9.84 Å². The number of hydrogen-bond acceptors (Lipinski definition) is 7. The quantitative estimate of drug-likeness (QED) is 0.121. The number of nitrogens with one attached hydrogen (secondary N) is 1. The molecule has 3 aromatic carbocycles. The molecule has 246 valence electrons. The molecule has 0 aliphatic heterocycles. The average molecular weight is 657 g/mol. The predicted molar refractivity (Wildman–Crippen MR) is 171 cm³/mol. The fourth-order valence-electron chi connectivity index (χ4n) is 4.90. The summed E-state index contributed by atoms with van der Waals surface area (Å²) in [4.78, 5) is 39.6. The first-order chi connectivity index (χ1) is 23.1. The van der Waals surface area contributed by atoms with Crippen LogP contribution in [-0.4, -0.2) is 45.4 Å². The van der Waals surface area contributed by atoms with Crippen molar-refractivity contribution in [3.8, 4) is 28.1 Å². The number of alkyl halides is 3. The van der Waals surface area contributed by atoms with E-state index in [2.05, 4.69) is 39.3 Å². The van der Waals surface area contributed by atoms with Gasteiger partial charge in [0.1, 0.15) is 18.1 Å². The Morgan fingerprint density at radius 3 is 2.25 bits per heavy atom. The van der Waals surface area contributed by atoms with Crippen LogP contribution in [0.3, 0.4) is 0 Å². The van der Waals surface area contributed by atoms with Crippen LogP contribution in [-0.2, 0) is 33.8 Å². The van der Waals surface area contributed by atoms with Gasteiger partial charge in [0.05, 0.1) is 18.7 Å². The molecule has 1 amide bonds. The fraction of sp³-hybridized carbons (Fsp3) is 0.194. The summed E-state index contributed by atoms with van der Waals surface area (Å²) in [5.74, 6) is -3.86. The number of esters is 2. The first kappa shape index (κ1) is 33.6. The Morgan fingerprint density at radius 1 is 0.833 bits per heavy atom. The van der Waals surface area contributed by atoms with Crippen LogP contribution < -0.4 is 10.1 Å². The lowest BCUT2D eigenvalue weighted by Crippen LogP contribution is -2.28. The molecule has 0 saturated heterocycles. The molecule has 2 aromatic heterocycles. The van der Waals surface area contributed by atoms with Gasteiger partial charge in [0.15, 0.2) is 0 Å². The van der Waals surface area contributed by atoms with E-state index < -0.39 is 30.4 Å². The van der Waals surface area contributed by atoms with Crippen LogP contribution in [0.1, 0.15) is 33.7 Å². The van der Waals surface area contributed by atoms with Gasteiger partial charge in [-0.25, -0.2) is 4.79 Å². The molecule has 1 N–H and O–H groups in total. The summed E-state index contributed by atoms with van der Waals surface area (Å²) in [5.41, 5.74) is 6.31. The van der Waals surface area contributed by atoms with Crippen LogP contribution in [0.25, 0.3) is 22.4 Å². The van der Waals surface area contributed by atoms with Gasteiger partial charge in [-0.3, -0.25) is 19.3 Å². The highest BCUT2D eigenvalue weighted by Gasteiger charge is 2.42. The van der Waals surface area contributed by atoms with Gasteiger partial charge in [0.25, 0.3) is 5.91 Å². The molecule has 0 aliphatic carbocycles. The first-order valence-corrected chi connectivity index (χ1v) is 15.0. The minimum Gasteiger partial charge on any atom is -0.492 e. The Balaban J connectivity index is 1.23.